The van der Waals surface area contributed by atoms with Gasteiger partial charge in [-0.15, -0.1) is 0 Å². The van der Waals surface area contributed by atoms with Crippen LogP contribution in [0.15, 0.2) is 85.7 Å². The Morgan fingerprint density at radius 3 is 1.87 bits per heavy atom. The van der Waals surface area contributed by atoms with Gasteiger partial charge in [-0.25, -0.2) is 18.7 Å². The predicted molar refractivity (Wildman–Crippen MR) is 138 cm³/mol. The molecule has 0 spiro atoms. The molecule has 192 valence electrons. The van der Waals surface area contributed by atoms with Crippen LogP contribution in [0.5, 0.6) is 0 Å². The molecule has 0 fully saturated rings. The van der Waals surface area contributed by atoms with E-state index in [1.807, 2.05) is 6.07 Å². The van der Waals surface area contributed by atoms with Gasteiger partial charge in [-0.2, -0.15) is 5.26 Å². The molecule has 39 heavy (non-hydrogen) atoms. The van der Waals surface area contributed by atoms with Crippen molar-refractivity contribution in [1.29, 1.82) is 5.26 Å². The predicted octanol–water partition coefficient (Wildman–Crippen LogP) is 3.89. The highest BCUT2D eigenvalue weighted by molar-refractivity contribution is 5.90. The first-order valence-electron chi connectivity index (χ1n) is 11.7. The Morgan fingerprint density at radius 2 is 1.33 bits per heavy atom. The van der Waals surface area contributed by atoms with E-state index < -0.39 is 5.91 Å². The van der Waals surface area contributed by atoms with Crippen LogP contribution >= 0.6 is 0 Å². The van der Waals surface area contributed by atoms with Crippen molar-refractivity contribution < 1.29 is 13.6 Å². The number of hydrogen-bond acceptors (Lipinski definition) is 6. The molecule has 4 heterocycles. The SMILES string of the molecule is N#Cc1nc(Cc2ccccc2F)c2cnccn12.NC(=O)c1nc(Cc2ccccc2F)c2cnccn12. The van der Waals surface area contributed by atoms with Crippen molar-refractivity contribution >= 4 is 16.9 Å². The summed E-state index contributed by atoms with van der Waals surface area (Å²) < 4.78 is 30.6. The van der Waals surface area contributed by atoms with Gasteiger partial charge < -0.3 is 5.73 Å². The first-order chi connectivity index (χ1) is 19.0. The highest BCUT2D eigenvalue weighted by Crippen LogP contribution is 2.19. The van der Waals surface area contributed by atoms with E-state index >= 15 is 0 Å². The summed E-state index contributed by atoms with van der Waals surface area (Å²) in [6.07, 6.45) is 10.2. The second-order valence-corrected chi connectivity index (χ2v) is 8.44. The van der Waals surface area contributed by atoms with Gasteiger partial charge in [0.1, 0.15) is 17.7 Å². The third-order valence-electron chi connectivity index (χ3n) is 6.00. The number of halogens is 2. The van der Waals surface area contributed by atoms with E-state index in [2.05, 4.69) is 19.9 Å². The fourth-order valence-electron chi connectivity index (χ4n) is 4.15. The maximum Gasteiger partial charge on any atom is 0.285 e. The summed E-state index contributed by atoms with van der Waals surface area (Å²) in [5.74, 6) is -0.812. The molecule has 6 aromatic rings. The molecule has 0 bridgehead atoms. The van der Waals surface area contributed by atoms with E-state index in [0.29, 0.717) is 34.5 Å². The minimum absolute atomic E-state index is 0.119. The van der Waals surface area contributed by atoms with Crippen molar-refractivity contribution in [2.45, 2.75) is 12.8 Å². The van der Waals surface area contributed by atoms with Gasteiger partial charge in [0.2, 0.25) is 11.6 Å². The summed E-state index contributed by atoms with van der Waals surface area (Å²) in [5, 5.41) is 9.04. The zero-order chi connectivity index (χ0) is 27.4. The van der Waals surface area contributed by atoms with E-state index in [4.69, 9.17) is 11.0 Å². The summed E-state index contributed by atoms with van der Waals surface area (Å²) in [4.78, 5) is 27.9. The monoisotopic (exact) mass is 522 g/mol. The van der Waals surface area contributed by atoms with E-state index in [9.17, 15) is 13.6 Å². The minimum atomic E-state index is -0.633. The number of primary amides is 1. The molecule has 0 aliphatic carbocycles. The fraction of sp³-hybridized carbons (Fsp3) is 0.0714. The molecule has 0 atom stereocenters. The van der Waals surface area contributed by atoms with Gasteiger partial charge >= 0.3 is 0 Å². The number of imidazole rings is 2. The molecule has 6 rings (SSSR count). The van der Waals surface area contributed by atoms with E-state index in [1.54, 1.807) is 76.2 Å². The van der Waals surface area contributed by atoms with Crippen LogP contribution < -0.4 is 5.73 Å². The molecule has 4 aromatic heterocycles. The Labute approximate surface area is 220 Å². The van der Waals surface area contributed by atoms with Crippen LogP contribution in [0.2, 0.25) is 0 Å². The van der Waals surface area contributed by atoms with Crippen LogP contribution in [0.3, 0.4) is 0 Å². The highest BCUT2D eigenvalue weighted by atomic mass is 19.1. The van der Waals surface area contributed by atoms with E-state index in [1.165, 1.54) is 18.3 Å². The molecule has 1 amide bonds. The standard InChI is InChI=1S/C14H11FN4O.C14H9FN4/c15-10-4-2-1-3-9(10)7-11-12-8-17-5-6-19(12)14(18-11)13(16)20;15-11-4-2-1-3-10(11)7-12-13-9-17-5-6-19(13)14(8-16)18-12/h1-6,8H,7H2,(H2,16,20);1-6,9H,7H2. The smallest absolute Gasteiger partial charge is 0.285 e. The number of carbonyl (C=O) groups excluding carboxylic acids is 1. The number of fused-ring (bicyclic) bond motifs is 2. The molecule has 0 aliphatic rings. The van der Waals surface area contributed by atoms with Gasteiger partial charge in [0.25, 0.3) is 5.91 Å². The molecular weight excluding hydrogens is 502 g/mol. The minimum Gasteiger partial charge on any atom is -0.363 e. The average Bonchev–Trinajstić information content (AvgIpc) is 3.50. The molecule has 0 unspecified atom stereocenters. The van der Waals surface area contributed by atoms with Crippen molar-refractivity contribution in [3.63, 3.8) is 0 Å². The first-order valence-corrected chi connectivity index (χ1v) is 11.7. The molecule has 0 radical (unpaired) electrons. The molecule has 11 heteroatoms. The summed E-state index contributed by atoms with van der Waals surface area (Å²) in [5.41, 5.74) is 8.94. The Balaban J connectivity index is 0.000000158. The number of amides is 1. The fourth-order valence-corrected chi connectivity index (χ4v) is 4.15. The zero-order valence-electron chi connectivity index (χ0n) is 20.4. The zero-order valence-corrected chi connectivity index (χ0v) is 20.4. The quantitative estimate of drug-likeness (QED) is 0.366. The van der Waals surface area contributed by atoms with Gasteiger partial charge in [0.05, 0.1) is 34.8 Å². The Bertz CT molecular complexity index is 1850. The van der Waals surface area contributed by atoms with Gasteiger partial charge in [-0.3, -0.25) is 23.6 Å². The number of rotatable bonds is 5. The van der Waals surface area contributed by atoms with Crippen LogP contribution in [-0.4, -0.2) is 34.6 Å². The van der Waals surface area contributed by atoms with Crippen LogP contribution in [0.4, 0.5) is 8.78 Å². The van der Waals surface area contributed by atoms with Gasteiger partial charge in [0, 0.05) is 37.6 Å². The van der Waals surface area contributed by atoms with Gasteiger partial charge in [-0.05, 0) is 23.3 Å². The molecular formula is C28H20F2N8O. The number of carbonyl (C=O) groups is 1. The van der Waals surface area contributed by atoms with Gasteiger partial charge in [0.15, 0.2) is 0 Å². The topological polar surface area (TPSA) is 127 Å². The first kappa shape index (κ1) is 25.2. The second-order valence-electron chi connectivity index (χ2n) is 8.44. The molecule has 2 N–H and O–H groups in total. The van der Waals surface area contributed by atoms with Crippen LogP contribution in [-0.2, 0) is 12.8 Å². The average molecular weight is 523 g/mol. The maximum absolute atomic E-state index is 13.7. The third kappa shape index (κ3) is 5.17. The van der Waals surface area contributed by atoms with Gasteiger partial charge in [-0.1, -0.05) is 36.4 Å². The summed E-state index contributed by atoms with van der Waals surface area (Å²) >= 11 is 0. The number of benzene rings is 2. The summed E-state index contributed by atoms with van der Waals surface area (Å²) in [6.45, 7) is 0. The molecule has 0 aliphatic heterocycles. The van der Waals surface area contributed by atoms with Crippen molar-refractivity contribution in [1.82, 2.24) is 28.7 Å². The number of hydrogen-bond donors (Lipinski definition) is 1. The Kier molecular flexibility index (Phi) is 7.00. The largest absolute Gasteiger partial charge is 0.363 e. The Morgan fingerprint density at radius 1 is 0.821 bits per heavy atom. The number of aromatic nitrogens is 6. The van der Waals surface area contributed by atoms with Crippen LogP contribution in [0, 0.1) is 23.0 Å². The second kappa shape index (κ2) is 10.9. The van der Waals surface area contributed by atoms with Crippen molar-refractivity contribution in [3.8, 4) is 6.07 Å². The third-order valence-corrected chi connectivity index (χ3v) is 6.00. The molecule has 9 nitrogen and oxygen atoms in total. The van der Waals surface area contributed by atoms with Crippen molar-refractivity contribution in [2.24, 2.45) is 5.73 Å². The normalized spacial score (nSPS) is 10.7. The number of nitrogens with two attached hydrogens (primary N) is 1. The summed E-state index contributed by atoms with van der Waals surface area (Å²) in [7, 11) is 0. The van der Waals surface area contributed by atoms with Crippen LogP contribution in [0.25, 0.3) is 11.0 Å². The molecule has 2 aromatic carbocycles. The van der Waals surface area contributed by atoms with Crippen LogP contribution in [0.1, 0.15) is 39.0 Å². The Hall–Kier alpha value is -5.50. The van der Waals surface area contributed by atoms with Crippen molar-refractivity contribution in [2.75, 3.05) is 0 Å². The lowest BCUT2D eigenvalue weighted by molar-refractivity contribution is 0.0989. The molecule has 0 saturated carbocycles. The lowest BCUT2D eigenvalue weighted by atomic mass is 10.1. The summed E-state index contributed by atoms with van der Waals surface area (Å²) in [6, 6.07) is 15.0. The maximum atomic E-state index is 13.7. The lowest BCUT2D eigenvalue weighted by Gasteiger charge is -2.00. The highest BCUT2D eigenvalue weighted by Gasteiger charge is 2.16. The number of nitriles is 1. The van der Waals surface area contributed by atoms with E-state index in [-0.39, 0.29) is 29.7 Å². The number of nitrogens with zero attached hydrogens (tertiary/aromatic N) is 7. The van der Waals surface area contributed by atoms with E-state index in [0.717, 1.165) is 5.52 Å². The lowest BCUT2D eigenvalue weighted by Crippen LogP contribution is -2.15. The van der Waals surface area contributed by atoms with Crippen molar-refractivity contribution in [3.05, 3.63) is 132 Å². The molecule has 0 saturated heterocycles.